The number of anilines is 2. The topological polar surface area (TPSA) is 75.4 Å². The van der Waals surface area contributed by atoms with Gasteiger partial charge >= 0.3 is 0 Å². The number of nitrogens with two attached hydrogens (primary N) is 1. The Kier molecular flexibility index (Phi) is 6.89. The fourth-order valence-corrected chi connectivity index (χ4v) is 4.16. The van der Waals surface area contributed by atoms with Crippen LogP contribution in [0.5, 0.6) is 0 Å². The van der Waals surface area contributed by atoms with Gasteiger partial charge in [0.25, 0.3) is 5.91 Å². The molecule has 5 nitrogen and oxygen atoms in total. The van der Waals surface area contributed by atoms with E-state index < -0.39 is 5.82 Å². The molecule has 0 aromatic heterocycles. The van der Waals surface area contributed by atoms with E-state index in [0.717, 1.165) is 40.1 Å². The van der Waals surface area contributed by atoms with Crippen LogP contribution in [-0.4, -0.2) is 23.3 Å². The van der Waals surface area contributed by atoms with Gasteiger partial charge in [-0.2, -0.15) is 0 Å². The van der Waals surface area contributed by atoms with Gasteiger partial charge in [0.05, 0.1) is 11.4 Å². The first kappa shape index (κ1) is 22.7. The van der Waals surface area contributed by atoms with Crippen LogP contribution in [0.4, 0.5) is 15.8 Å². The summed E-state index contributed by atoms with van der Waals surface area (Å²) in [7, 11) is 0. The summed E-state index contributed by atoms with van der Waals surface area (Å²) in [5.74, 6) is -0.769. The Bertz CT molecular complexity index is 1220. The van der Waals surface area contributed by atoms with Crippen LogP contribution in [0, 0.1) is 5.82 Å². The Morgan fingerprint density at radius 2 is 1.88 bits per heavy atom. The van der Waals surface area contributed by atoms with E-state index in [-0.39, 0.29) is 17.5 Å². The van der Waals surface area contributed by atoms with Crippen LogP contribution in [0.15, 0.2) is 76.8 Å². The van der Waals surface area contributed by atoms with E-state index >= 15 is 0 Å². The van der Waals surface area contributed by atoms with Crippen LogP contribution in [-0.2, 0) is 11.3 Å². The first-order valence-electron chi connectivity index (χ1n) is 10.6. The third kappa shape index (κ3) is 5.49. The zero-order valence-corrected chi connectivity index (χ0v) is 19.4. The second-order valence-corrected chi connectivity index (χ2v) is 8.76. The van der Waals surface area contributed by atoms with Crippen LogP contribution in [0.25, 0.3) is 6.08 Å². The van der Waals surface area contributed by atoms with Gasteiger partial charge in [0.2, 0.25) is 5.91 Å². The van der Waals surface area contributed by atoms with Crippen LogP contribution in [0.3, 0.4) is 0 Å². The lowest BCUT2D eigenvalue weighted by molar-refractivity contribution is -0.129. The molecule has 3 aromatic carbocycles. The molecule has 0 aliphatic carbocycles. The largest absolute Gasteiger partial charge is 0.397 e. The number of benzene rings is 3. The van der Waals surface area contributed by atoms with Crippen molar-refractivity contribution in [1.29, 1.82) is 0 Å². The molecule has 4 rings (SSSR count). The Labute approximate surface area is 200 Å². The fraction of sp³-hybridized carbons (Fsp3) is 0.154. The number of amides is 2. The summed E-state index contributed by atoms with van der Waals surface area (Å²) in [6, 6.07) is 18.7. The minimum atomic E-state index is -0.462. The minimum absolute atomic E-state index is 0.0330. The standard InChI is InChI=1S/C26H23BrFN3O2/c27-22-6-2-1-4-19(22)14-20-5-3-13-31(26(20)33)16-17-7-9-18(10-8-17)25(32)30-24-12-11-21(28)15-23(24)29/h1-2,4,6-12,14-15H,3,5,13,16,29H2,(H,30,32)/b20-14+. The van der Waals surface area contributed by atoms with E-state index in [4.69, 9.17) is 5.73 Å². The molecule has 0 spiro atoms. The highest BCUT2D eigenvalue weighted by molar-refractivity contribution is 9.10. The number of carbonyl (C=O) groups is 2. The number of nitrogens with one attached hydrogen (secondary N) is 1. The summed E-state index contributed by atoms with van der Waals surface area (Å²) in [6.45, 7) is 1.16. The van der Waals surface area contributed by atoms with Crippen LogP contribution >= 0.6 is 15.9 Å². The van der Waals surface area contributed by atoms with E-state index in [1.54, 1.807) is 12.1 Å². The molecule has 1 aliphatic heterocycles. The van der Waals surface area contributed by atoms with Gasteiger partial charge in [-0.05, 0) is 66.4 Å². The third-order valence-electron chi connectivity index (χ3n) is 5.52. The molecule has 0 radical (unpaired) electrons. The van der Waals surface area contributed by atoms with E-state index in [1.807, 2.05) is 47.4 Å². The molecule has 0 unspecified atom stereocenters. The maximum Gasteiger partial charge on any atom is 0.255 e. The lowest BCUT2D eigenvalue weighted by atomic mass is 10.00. The molecule has 7 heteroatoms. The number of rotatable bonds is 5. The summed E-state index contributed by atoms with van der Waals surface area (Å²) in [6.07, 6.45) is 3.61. The molecule has 168 valence electrons. The number of piperidine rings is 1. The van der Waals surface area contributed by atoms with Gasteiger partial charge in [0.1, 0.15) is 5.82 Å². The Balaban J connectivity index is 1.42. The molecule has 3 aromatic rings. The van der Waals surface area contributed by atoms with Crippen molar-refractivity contribution in [3.8, 4) is 0 Å². The molecule has 1 heterocycles. The molecule has 0 bridgehead atoms. The molecule has 33 heavy (non-hydrogen) atoms. The predicted octanol–water partition coefficient (Wildman–Crippen LogP) is 5.63. The smallest absolute Gasteiger partial charge is 0.255 e. The summed E-state index contributed by atoms with van der Waals surface area (Å²) in [4.78, 5) is 27.4. The number of halogens is 2. The first-order chi connectivity index (χ1) is 15.9. The second-order valence-electron chi connectivity index (χ2n) is 7.90. The Morgan fingerprint density at radius 1 is 1.12 bits per heavy atom. The average Bonchev–Trinajstić information content (AvgIpc) is 2.80. The number of hydrogen-bond donors (Lipinski definition) is 2. The zero-order valence-electron chi connectivity index (χ0n) is 17.9. The van der Waals surface area contributed by atoms with Crippen molar-refractivity contribution >= 4 is 45.2 Å². The van der Waals surface area contributed by atoms with Crippen LogP contribution in [0.2, 0.25) is 0 Å². The van der Waals surface area contributed by atoms with Crippen LogP contribution in [0.1, 0.15) is 34.3 Å². The van der Waals surface area contributed by atoms with E-state index in [2.05, 4.69) is 21.2 Å². The van der Waals surface area contributed by atoms with Gasteiger partial charge in [0, 0.05) is 28.7 Å². The SMILES string of the molecule is Nc1cc(F)ccc1NC(=O)c1ccc(CN2CCC/C(=C\c3ccccc3Br)C2=O)cc1. The molecule has 1 fully saturated rings. The Morgan fingerprint density at radius 3 is 2.61 bits per heavy atom. The minimum Gasteiger partial charge on any atom is -0.397 e. The maximum absolute atomic E-state index is 13.2. The van der Waals surface area contributed by atoms with Gasteiger partial charge in [0.15, 0.2) is 0 Å². The molecule has 0 atom stereocenters. The second kappa shape index (κ2) is 10.0. The predicted molar refractivity (Wildman–Crippen MR) is 132 cm³/mol. The molecule has 1 aliphatic rings. The van der Waals surface area contributed by atoms with Gasteiger partial charge in [-0.1, -0.05) is 46.3 Å². The quantitative estimate of drug-likeness (QED) is 0.347. The highest BCUT2D eigenvalue weighted by Gasteiger charge is 2.23. The average molecular weight is 508 g/mol. The van der Waals surface area contributed by atoms with E-state index in [1.165, 1.54) is 12.1 Å². The van der Waals surface area contributed by atoms with E-state index in [9.17, 15) is 14.0 Å². The van der Waals surface area contributed by atoms with Gasteiger partial charge in [-0.15, -0.1) is 0 Å². The molecule has 2 amide bonds. The van der Waals surface area contributed by atoms with Gasteiger partial charge < -0.3 is 16.0 Å². The number of likely N-dealkylation sites (tertiary alicyclic amines) is 1. The maximum atomic E-state index is 13.2. The van der Waals surface area contributed by atoms with Crippen molar-refractivity contribution in [2.45, 2.75) is 19.4 Å². The van der Waals surface area contributed by atoms with Crippen LogP contribution < -0.4 is 11.1 Å². The van der Waals surface area contributed by atoms with Crippen molar-refractivity contribution in [2.75, 3.05) is 17.6 Å². The monoisotopic (exact) mass is 507 g/mol. The Hall–Kier alpha value is -3.45. The fourth-order valence-electron chi connectivity index (χ4n) is 3.76. The highest BCUT2D eigenvalue weighted by atomic mass is 79.9. The first-order valence-corrected chi connectivity index (χ1v) is 11.4. The zero-order chi connectivity index (χ0) is 23.4. The third-order valence-corrected chi connectivity index (χ3v) is 6.24. The molecular weight excluding hydrogens is 485 g/mol. The number of nitrogen functional groups attached to an aromatic ring is 1. The number of nitrogens with zero attached hydrogens (tertiary/aromatic N) is 1. The molecular formula is C26H23BrFN3O2. The number of hydrogen-bond acceptors (Lipinski definition) is 3. The summed E-state index contributed by atoms with van der Waals surface area (Å²) in [5, 5.41) is 2.69. The molecule has 3 N–H and O–H groups in total. The summed E-state index contributed by atoms with van der Waals surface area (Å²) >= 11 is 3.53. The highest BCUT2D eigenvalue weighted by Crippen LogP contribution is 2.25. The van der Waals surface area contributed by atoms with Gasteiger partial charge in [-0.3, -0.25) is 9.59 Å². The van der Waals surface area contributed by atoms with E-state index in [0.29, 0.717) is 24.3 Å². The van der Waals surface area contributed by atoms with Crippen molar-refractivity contribution < 1.29 is 14.0 Å². The number of carbonyl (C=O) groups excluding carboxylic acids is 2. The van der Waals surface area contributed by atoms with Gasteiger partial charge in [-0.25, -0.2) is 4.39 Å². The lowest BCUT2D eigenvalue weighted by Crippen LogP contribution is -2.36. The molecule has 0 saturated carbocycles. The van der Waals surface area contributed by atoms with Crippen molar-refractivity contribution in [3.05, 3.63) is 99.3 Å². The van der Waals surface area contributed by atoms with Crippen molar-refractivity contribution in [2.24, 2.45) is 0 Å². The lowest BCUT2D eigenvalue weighted by Gasteiger charge is -2.28. The van der Waals surface area contributed by atoms with Crippen molar-refractivity contribution in [3.63, 3.8) is 0 Å². The summed E-state index contributed by atoms with van der Waals surface area (Å²) < 4.78 is 14.2. The van der Waals surface area contributed by atoms with Crippen molar-refractivity contribution in [1.82, 2.24) is 4.90 Å². The normalized spacial score (nSPS) is 15.0. The molecule has 1 saturated heterocycles. The summed E-state index contributed by atoms with van der Waals surface area (Å²) in [5.41, 5.74) is 9.43.